The molecule has 8 nitrogen and oxygen atoms in total. The lowest BCUT2D eigenvalue weighted by atomic mass is 9.79. The highest BCUT2D eigenvalue weighted by Gasteiger charge is 2.38. The zero-order valence-electron chi connectivity index (χ0n) is 24.0. The van der Waals surface area contributed by atoms with Crippen molar-refractivity contribution in [1.29, 1.82) is 0 Å². The Kier molecular flexibility index (Phi) is 8.37. The first-order chi connectivity index (χ1) is 20.7. The van der Waals surface area contributed by atoms with Crippen LogP contribution in [0.3, 0.4) is 0 Å². The second-order valence-electron chi connectivity index (χ2n) is 12.1. The number of hydrogen-bond donors (Lipinski definition) is 2. The largest absolute Gasteiger partial charge is 0.416 e. The van der Waals surface area contributed by atoms with E-state index >= 15 is 0 Å². The van der Waals surface area contributed by atoms with E-state index in [-0.39, 0.29) is 23.9 Å². The summed E-state index contributed by atoms with van der Waals surface area (Å²) in [6.07, 6.45) is 7.11. The van der Waals surface area contributed by atoms with Gasteiger partial charge in [-0.15, -0.1) is 0 Å². The highest BCUT2D eigenvalue weighted by atomic mass is 19.4. The minimum Gasteiger partial charge on any atom is -0.384 e. The Labute approximate surface area is 249 Å². The molecule has 1 atom stereocenters. The molecule has 1 unspecified atom stereocenters. The number of rotatable bonds is 6. The molecular weight excluding hydrogens is 557 g/mol. The van der Waals surface area contributed by atoms with E-state index < -0.39 is 17.3 Å². The number of nitrogens with one attached hydrogen (secondary N) is 1. The van der Waals surface area contributed by atoms with Crippen molar-refractivity contribution in [3.05, 3.63) is 72.4 Å². The van der Waals surface area contributed by atoms with E-state index in [1.54, 1.807) is 18.6 Å². The van der Waals surface area contributed by atoms with Crippen LogP contribution in [0.4, 0.5) is 19.0 Å². The quantitative estimate of drug-likeness (QED) is 0.424. The number of halogens is 3. The summed E-state index contributed by atoms with van der Waals surface area (Å²) in [6.45, 7) is 2.38. The van der Waals surface area contributed by atoms with Gasteiger partial charge in [-0.3, -0.25) is 14.8 Å². The number of likely N-dealkylation sites (tertiary alicyclic amines) is 1. The average Bonchev–Trinajstić information content (AvgIpc) is 3.51. The van der Waals surface area contributed by atoms with Gasteiger partial charge in [-0.25, -0.2) is 4.98 Å². The van der Waals surface area contributed by atoms with Gasteiger partial charge in [-0.1, -0.05) is 12.1 Å². The van der Waals surface area contributed by atoms with E-state index in [2.05, 4.69) is 20.3 Å². The van der Waals surface area contributed by atoms with E-state index in [1.165, 1.54) is 6.20 Å². The fourth-order valence-electron chi connectivity index (χ4n) is 6.70. The van der Waals surface area contributed by atoms with Crippen molar-refractivity contribution in [3.63, 3.8) is 0 Å². The Bertz CT molecular complexity index is 1390. The summed E-state index contributed by atoms with van der Waals surface area (Å²) in [4.78, 5) is 30.0. The van der Waals surface area contributed by atoms with Crippen LogP contribution in [-0.2, 0) is 16.6 Å². The Morgan fingerprint density at radius 1 is 0.907 bits per heavy atom. The average molecular weight is 595 g/mol. The summed E-state index contributed by atoms with van der Waals surface area (Å²) < 4.78 is 39.3. The van der Waals surface area contributed by atoms with Gasteiger partial charge in [-0.05, 0) is 69.2 Å². The third-order valence-electron chi connectivity index (χ3n) is 9.26. The molecule has 0 radical (unpaired) electrons. The first-order valence-electron chi connectivity index (χ1n) is 15.1. The molecule has 1 saturated carbocycles. The molecule has 2 aliphatic heterocycles. The number of aromatic nitrogens is 3. The van der Waals surface area contributed by atoms with Crippen LogP contribution in [0.1, 0.15) is 56.2 Å². The number of alkyl halides is 3. The van der Waals surface area contributed by atoms with Gasteiger partial charge in [-0.2, -0.15) is 13.2 Å². The van der Waals surface area contributed by atoms with Crippen LogP contribution in [0.25, 0.3) is 11.1 Å². The summed E-state index contributed by atoms with van der Waals surface area (Å²) in [5, 5.41) is 15.1. The van der Waals surface area contributed by atoms with Crippen molar-refractivity contribution in [1.82, 2.24) is 25.2 Å². The molecule has 6 rings (SSSR count). The van der Waals surface area contributed by atoms with Crippen LogP contribution in [0.2, 0.25) is 0 Å². The molecule has 3 aliphatic rings. The van der Waals surface area contributed by atoms with Crippen LogP contribution < -0.4 is 10.2 Å². The van der Waals surface area contributed by atoms with Crippen molar-refractivity contribution >= 4 is 11.7 Å². The van der Waals surface area contributed by atoms with E-state index in [4.69, 9.17) is 0 Å². The van der Waals surface area contributed by atoms with Crippen molar-refractivity contribution in [2.75, 3.05) is 31.1 Å². The minimum absolute atomic E-state index is 0.123. The zero-order chi connectivity index (χ0) is 30.0. The van der Waals surface area contributed by atoms with Crippen molar-refractivity contribution < 1.29 is 23.1 Å². The molecule has 2 saturated heterocycles. The van der Waals surface area contributed by atoms with Gasteiger partial charge in [0.1, 0.15) is 11.4 Å². The summed E-state index contributed by atoms with van der Waals surface area (Å²) in [6, 6.07) is 10.3. The summed E-state index contributed by atoms with van der Waals surface area (Å²) in [5.41, 5.74) is 1.01. The van der Waals surface area contributed by atoms with Crippen LogP contribution in [0.5, 0.6) is 0 Å². The fraction of sp³-hybridized carbons (Fsp3) is 0.500. The lowest BCUT2D eigenvalue weighted by Gasteiger charge is -2.37. The smallest absolute Gasteiger partial charge is 0.384 e. The Morgan fingerprint density at radius 3 is 2.35 bits per heavy atom. The van der Waals surface area contributed by atoms with Gasteiger partial charge in [0, 0.05) is 80.1 Å². The van der Waals surface area contributed by atoms with Gasteiger partial charge < -0.3 is 20.2 Å². The number of carbonyl (C=O) groups is 1. The third-order valence-corrected chi connectivity index (χ3v) is 9.26. The Balaban J connectivity index is 0.955. The van der Waals surface area contributed by atoms with E-state index in [0.29, 0.717) is 63.4 Å². The predicted molar refractivity (Wildman–Crippen MR) is 156 cm³/mol. The molecule has 3 aromatic heterocycles. The van der Waals surface area contributed by atoms with E-state index in [9.17, 15) is 23.1 Å². The molecule has 43 heavy (non-hydrogen) atoms. The van der Waals surface area contributed by atoms with Gasteiger partial charge in [0.05, 0.1) is 11.3 Å². The summed E-state index contributed by atoms with van der Waals surface area (Å²) in [5.74, 6) is 0.324. The number of piperidine rings is 1. The van der Waals surface area contributed by atoms with Gasteiger partial charge in [0.2, 0.25) is 5.91 Å². The molecule has 2 N–H and O–H groups in total. The van der Waals surface area contributed by atoms with Crippen molar-refractivity contribution in [3.8, 4) is 11.1 Å². The number of carbonyl (C=O) groups excluding carboxylic acids is 1. The lowest BCUT2D eigenvalue weighted by molar-refractivity contribution is -0.137. The molecular formula is C32H37F3N6O2. The molecule has 1 amide bonds. The first-order valence-corrected chi connectivity index (χ1v) is 15.1. The molecule has 228 valence electrons. The lowest BCUT2D eigenvalue weighted by Crippen LogP contribution is -2.46. The predicted octanol–water partition coefficient (Wildman–Crippen LogP) is 4.79. The SMILES string of the molecule is O=C(C1CCN(c2cc(C(F)(F)F)ccn2)CC1)N1CCC(NC2CCC(O)(c3ccc(-c4cccnc4)cn3)CC2)C1. The van der Waals surface area contributed by atoms with Crippen LogP contribution >= 0.6 is 0 Å². The minimum atomic E-state index is -4.41. The van der Waals surface area contributed by atoms with Gasteiger partial charge >= 0.3 is 6.18 Å². The van der Waals surface area contributed by atoms with Crippen LogP contribution in [0.15, 0.2) is 61.2 Å². The number of hydrogen-bond acceptors (Lipinski definition) is 7. The van der Waals surface area contributed by atoms with Crippen LogP contribution in [-0.4, -0.2) is 69.1 Å². The molecule has 3 fully saturated rings. The number of nitrogens with zero attached hydrogens (tertiary/aromatic N) is 5. The monoisotopic (exact) mass is 594 g/mol. The van der Waals surface area contributed by atoms with Crippen molar-refractivity contribution in [2.45, 2.75) is 68.8 Å². The molecule has 0 aromatic carbocycles. The third kappa shape index (κ3) is 6.67. The topological polar surface area (TPSA) is 94.5 Å². The Hall–Kier alpha value is -3.57. The maximum Gasteiger partial charge on any atom is 0.416 e. The number of amides is 1. The second kappa shape index (κ2) is 12.2. The highest BCUT2D eigenvalue weighted by Crippen LogP contribution is 2.37. The highest BCUT2D eigenvalue weighted by molar-refractivity contribution is 5.79. The molecule has 11 heteroatoms. The number of anilines is 1. The fourth-order valence-corrected chi connectivity index (χ4v) is 6.70. The number of aliphatic hydroxyl groups is 1. The molecule has 0 bridgehead atoms. The molecule has 5 heterocycles. The van der Waals surface area contributed by atoms with Crippen molar-refractivity contribution in [2.24, 2.45) is 5.92 Å². The zero-order valence-corrected chi connectivity index (χ0v) is 24.0. The molecule has 0 spiro atoms. The Morgan fingerprint density at radius 2 is 1.67 bits per heavy atom. The summed E-state index contributed by atoms with van der Waals surface area (Å²) in [7, 11) is 0. The maximum atomic E-state index is 13.3. The van der Waals surface area contributed by atoms with E-state index in [1.807, 2.05) is 34.1 Å². The standard InChI is InChI=1S/C32H37F3N6O2/c33-32(34,35)25-7-14-37-29(18-25)40-15-8-22(9-16-40)30(42)41-17-10-27(21-41)39-26-5-11-31(43,12-6-26)28-4-3-24(20-38-28)23-2-1-13-36-19-23/h1-4,7,13-14,18-20,22,26-27,39,43H,5-6,8-12,15-17,21H2. The molecule has 3 aromatic rings. The second-order valence-corrected chi connectivity index (χ2v) is 12.1. The van der Waals surface area contributed by atoms with Crippen LogP contribution in [0, 0.1) is 5.92 Å². The number of pyridine rings is 3. The van der Waals surface area contributed by atoms with Gasteiger partial charge in [0.15, 0.2) is 0 Å². The normalized spacial score (nSPS) is 25.2. The van der Waals surface area contributed by atoms with E-state index in [0.717, 1.165) is 42.5 Å². The van der Waals surface area contributed by atoms with Gasteiger partial charge in [0.25, 0.3) is 0 Å². The maximum absolute atomic E-state index is 13.3. The first kappa shape index (κ1) is 29.5. The molecule has 1 aliphatic carbocycles. The summed E-state index contributed by atoms with van der Waals surface area (Å²) >= 11 is 0.